The molecule has 1 aromatic carbocycles. The maximum Gasteiger partial charge on any atom is 0.146 e. The van der Waals surface area contributed by atoms with Gasteiger partial charge in [0.2, 0.25) is 0 Å². The Labute approximate surface area is 99.8 Å². The molecule has 2 rings (SSSR count). The molecule has 0 saturated heterocycles. The molecule has 0 amide bonds. The van der Waals surface area contributed by atoms with Gasteiger partial charge in [-0.05, 0) is 28.1 Å². The molecular formula is C10H7BrClFN2. The van der Waals surface area contributed by atoms with E-state index in [4.69, 9.17) is 11.6 Å². The van der Waals surface area contributed by atoms with Crippen LogP contribution >= 0.6 is 27.5 Å². The number of aromatic nitrogens is 2. The third-order valence-electron chi connectivity index (χ3n) is 1.97. The minimum Gasteiger partial charge on any atom is -0.267 e. The van der Waals surface area contributed by atoms with Gasteiger partial charge in [0.05, 0.1) is 11.6 Å². The second-order valence-electron chi connectivity index (χ2n) is 3.05. The number of hydrogen-bond acceptors (Lipinski definition) is 1. The molecule has 0 radical (unpaired) electrons. The van der Waals surface area contributed by atoms with Crippen molar-refractivity contribution < 1.29 is 4.39 Å². The molecule has 2 nitrogen and oxygen atoms in total. The first kappa shape index (κ1) is 10.6. The van der Waals surface area contributed by atoms with Gasteiger partial charge in [-0.3, -0.25) is 4.68 Å². The van der Waals surface area contributed by atoms with E-state index in [0.29, 0.717) is 12.1 Å². The highest BCUT2D eigenvalue weighted by Crippen LogP contribution is 2.18. The van der Waals surface area contributed by atoms with Crippen molar-refractivity contribution in [1.82, 2.24) is 9.78 Å². The predicted molar refractivity (Wildman–Crippen MR) is 60.4 cm³/mol. The average Bonchev–Trinajstić information content (AvgIpc) is 2.59. The van der Waals surface area contributed by atoms with E-state index in [1.165, 1.54) is 6.07 Å². The lowest BCUT2D eigenvalue weighted by molar-refractivity contribution is 0.584. The van der Waals surface area contributed by atoms with E-state index in [2.05, 4.69) is 21.0 Å². The summed E-state index contributed by atoms with van der Waals surface area (Å²) < 4.78 is 15.9. The van der Waals surface area contributed by atoms with Gasteiger partial charge in [0, 0.05) is 11.8 Å². The molecule has 15 heavy (non-hydrogen) atoms. The van der Waals surface area contributed by atoms with Gasteiger partial charge in [0.1, 0.15) is 10.4 Å². The monoisotopic (exact) mass is 288 g/mol. The zero-order valence-electron chi connectivity index (χ0n) is 7.62. The SMILES string of the molecule is Fc1c(Cl)cccc1Cn1ccc(Br)n1. The lowest BCUT2D eigenvalue weighted by Gasteiger charge is -2.04. The van der Waals surface area contributed by atoms with Gasteiger partial charge in [-0.25, -0.2) is 4.39 Å². The van der Waals surface area contributed by atoms with E-state index in [1.807, 2.05) is 0 Å². The fourth-order valence-electron chi connectivity index (χ4n) is 1.27. The fraction of sp³-hybridized carbons (Fsp3) is 0.100. The second kappa shape index (κ2) is 4.33. The van der Waals surface area contributed by atoms with E-state index < -0.39 is 0 Å². The highest BCUT2D eigenvalue weighted by atomic mass is 79.9. The van der Waals surface area contributed by atoms with Crippen LogP contribution in [0.15, 0.2) is 35.1 Å². The highest BCUT2D eigenvalue weighted by molar-refractivity contribution is 9.10. The molecule has 2 aromatic rings. The first-order chi connectivity index (χ1) is 7.16. The molecule has 0 saturated carbocycles. The normalized spacial score (nSPS) is 10.6. The van der Waals surface area contributed by atoms with Gasteiger partial charge >= 0.3 is 0 Å². The summed E-state index contributed by atoms with van der Waals surface area (Å²) in [7, 11) is 0. The maximum absolute atomic E-state index is 13.5. The van der Waals surface area contributed by atoms with Crippen LogP contribution in [0.5, 0.6) is 0 Å². The predicted octanol–water partition coefficient (Wildman–Crippen LogP) is 3.49. The lowest BCUT2D eigenvalue weighted by Crippen LogP contribution is -2.02. The summed E-state index contributed by atoms with van der Waals surface area (Å²) in [6.07, 6.45) is 1.77. The largest absolute Gasteiger partial charge is 0.267 e. The smallest absolute Gasteiger partial charge is 0.146 e. The Morgan fingerprint density at radius 2 is 2.20 bits per heavy atom. The van der Waals surface area contributed by atoms with Crippen LogP contribution in [0, 0.1) is 5.82 Å². The van der Waals surface area contributed by atoms with Crippen LogP contribution in [-0.4, -0.2) is 9.78 Å². The van der Waals surface area contributed by atoms with Crippen LogP contribution in [-0.2, 0) is 6.54 Å². The molecule has 0 unspecified atom stereocenters. The zero-order chi connectivity index (χ0) is 10.8. The van der Waals surface area contributed by atoms with Crippen LogP contribution < -0.4 is 0 Å². The summed E-state index contributed by atoms with van der Waals surface area (Å²) in [4.78, 5) is 0. The van der Waals surface area contributed by atoms with Gasteiger partial charge in [0.15, 0.2) is 0 Å². The molecular weight excluding hydrogens is 282 g/mol. The van der Waals surface area contributed by atoms with Crippen molar-refractivity contribution in [3.05, 3.63) is 51.5 Å². The summed E-state index contributed by atoms with van der Waals surface area (Å²) in [5.74, 6) is -0.384. The van der Waals surface area contributed by atoms with Gasteiger partial charge < -0.3 is 0 Å². The second-order valence-corrected chi connectivity index (χ2v) is 4.27. The van der Waals surface area contributed by atoms with E-state index in [-0.39, 0.29) is 10.8 Å². The van der Waals surface area contributed by atoms with Crippen molar-refractivity contribution >= 4 is 27.5 Å². The Morgan fingerprint density at radius 1 is 1.40 bits per heavy atom. The molecule has 78 valence electrons. The van der Waals surface area contributed by atoms with E-state index in [9.17, 15) is 4.39 Å². The summed E-state index contributed by atoms with van der Waals surface area (Å²) in [5.41, 5.74) is 0.526. The molecule has 0 N–H and O–H groups in total. The summed E-state index contributed by atoms with van der Waals surface area (Å²) >= 11 is 8.90. The molecule has 5 heteroatoms. The molecule has 0 aliphatic carbocycles. The van der Waals surface area contributed by atoms with Crippen molar-refractivity contribution in [2.45, 2.75) is 6.54 Å². The van der Waals surface area contributed by atoms with Gasteiger partial charge in [-0.1, -0.05) is 23.7 Å². The summed E-state index contributed by atoms with van der Waals surface area (Å²) in [5, 5.41) is 4.24. The van der Waals surface area contributed by atoms with Crippen LogP contribution in [0.4, 0.5) is 4.39 Å². The van der Waals surface area contributed by atoms with Crippen LogP contribution in [0.1, 0.15) is 5.56 Å². The van der Waals surface area contributed by atoms with E-state index >= 15 is 0 Å². The lowest BCUT2D eigenvalue weighted by atomic mass is 10.2. The molecule has 0 aliphatic rings. The van der Waals surface area contributed by atoms with Gasteiger partial charge in [-0.2, -0.15) is 5.10 Å². The minimum atomic E-state index is -0.384. The van der Waals surface area contributed by atoms with E-state index in [1.54, 1.807) is 29.1 Å². The molecule has 0 aliphatic heterocycles. The van der Waals surface area contributed by atoms with Crippen LogP contribution in [0.3, 0.4) is 0 Å². The summed E-state index contributed by atoms with van der Waals surface area (Å²) in [6, 6.07) is 6.73. The maximum atomic E-state index is 13.5. The van der Waals surface area contributed by atoms with Crippen molar-refractivity contribution in [1.29, 1.82) is 0 Å². The Bertz CT molecular complexity index is 484. The third-order valence-corrected chi connectivity index (χ3v) is 2.69. The van der Waals surface area contributed by atoms with Crippen molar-refractivity contribution in [3.8, 4) is 0 Å². The zero-order valence-corrected chi connectivity index (χ0v) is 9.96. The topological polar surface area (TPSA) is 17.8 Å². The van der Waals surface area contributed by atoms with E-state index in [0.717, 1.165) is 4.60 Å². The number of nitrogens with zero attached hydrogens (tertiary/aromatic N) is 2. The summed E-state index contributed by atoms with van der Waals surface area (Å²) in [6.45, 7) is 0.373. The highest BCUT2D eigenvalue weighted by Gasteiger charge is 2.06. The quantitative estimate of drug-likeness (QED) is 0.827. The number of hydrogen-bond donors (Lipinski definition) is 0. The number of benzene rings is 1. The van der Waals surface area contributed by atoms with Gasteiger partial charge in [0.25, 0.3) is 0 Å². The Hall–Kier alpha value is -0.870. The molecule has 0 bridgehead atoms. The number of halogens is 3. The molecule has 0 atom stereocenters. The first-order valence-electron chi connectivity index (χ1n) is 4.28. The van der Waals surface area contributed by atoms with Crippen molar-refractivity contribution in [2.75, 3.05) is 0 Å². The number of rotatable bonds is 2. The Morgan fingerprint density at radius 3 is 2.87 bits per heavy atom. The molecule has 0 spiro atoms. The molecule has 1 heterocycles. The molecule has 1 aromatic heterocycles. The Kier molecular flexibility index (Phi) is 3.07. The molecule has 0 fully saturated rings. The van der Waals surface area contributed by atoms with Crippen LogP contribution in [0.2, 0.25) is 5.02 Å². The van der Waals surface area contributed by atoms with Crippen LogP contribution in [0.25, 0.3) is 0 Å². The fourth-order valence-corrected chi connectivity index (χ4v) is 1.79. The average molecular weight is 290 g/mol. The minimum absolute atomic E-state index is 0.138. The first-order valence-corrected chi connectivity index (χ1v) is 5.46. The van der Waals surface area contributed by atoms with Crippen molar-refractivity contribution in [2.24, 2.45) is 0 Å². The Balaban J connectivity index is 2.28. The standard InChI is InChI=1S/C10H7BrClFN2/c11-9-4-5-15(14-9)6-7-2-1-3-8(12)10(7)13/h1-5H,6H2. The van der Waals surface area contributed by atoms with Gasteiger partial charge in [-0.15, -0.1) is 0 Å². The van der Waals surface area contributed by atoms with Crippen molar-refractivity contribution in [3.63, 3.8) is 0 Å². The third kappa shape index (κ3) is 2.38.